The molecule has 168 valence electrons. The number of carbonyl (C=O) groups is 2. The Labute approximate surface area is 194 Å². The van der Waals surface area contributed by atoms with E-state index in [4.69, 9.17) is 16.3 Å². The van der Waals surface area contributed by atoms with Crippen molar-refractivity contribution in [2.45, 2.75) is 20.4 Å². The van der Waals surface area contributed by atoms with Crippen LogP contribution in [0.15, 0.2) is 48.8 Å². The van der Waals surface area contributed by atoms with Crippen LogP contribution in [0.5, 0.6) is 5.88 Å². The number of carbonyl (C=O) groups excluding carboxylic acids is 2. The van der Waals surface area contributed by atoms with E-state index < -0.39 is 17.5 Å². The monoisotopic (exact) mass is 466 g/mol. The van der Waals surface area contributed by atoms with Gasteiger partial charge in [-0.2, -0.15) is 0 Å². The molecule has 0 aliphatic rings. The van der Waals surface area contributed by atoms with Gasteiger partial charge in [0.15, 0.2) is 0 Å². The van der Waals surface area contributed by atoms with Crippen LogP contribution in [-0.2, 0) is 11.3 Å². The topological polar surface area (TPSA) is 86.1 Å². The highest BCUT2D eigenvalue weighted by atomic mass is 35.5. The summed E-state index contributed by atoms with van der Waals surface area (Å²) in [6, 6.07) is 9.83. The number of Topliss-reactive ketones (excluding diaryl/α,β-unsaturated/α-hetero) is 1. The molecular formula is C24H20ClFN4O3. The number of rotatable bonds is 6. The van der Waals surface area contributed by atoms with E-state index in [2.05, 4.69) is 15.3 Å². The second kappa shape index (κ2) is 8.99. The summed E-state index contributed by atoms with van der Waals surface area (Å²) >= 11 is 5.82. The first-order chi connectivity index (χ1) is 15.8. The third-order valence-corrected chi connectivity index (χ3v) is 5.51. The van der Waals surface area contributed by atoms with E-state index in [0.717, 1.165) is 5.56 Å². The largest absolute Gasteiger partial charge is 0.481 e. The fourth-order valence-electron chi connectivity index (χ4n) is 3.70. The maximum Gasteiger partial charge on any atom is 0.296 e. The summed E-state index contributed by atoms with van der Waals surface area (Å²) in [6.07, 6.45) is 2.83. The summed E-state index contributed by atoms with van der Waals surface area (Å²) in [5.41, 5.74) is 2.94. The number of anilines is 1. The Hall–Kier alpha value is -3.78. The lowest BCUT2D eigenvalue weighted by atomic mass is 10.0. The van der Waals surface area contributed by atoms with Crippen molar-refractivity contribution in [1.29, 1.82) is 0 Å². The lowest BCUT2D eigenvalue weighted by Gasteiger charge is -2.10. The van der Waals surface area contributed by atoms with Gasteiger partial charge in [-0.1, -0.05) is 23.2 Å². The van der Waals surface area contributed by atoms with Crippen LogP contribution in [0.1, 0.15) is 27.3 Å². The number of halogens is 2. The van der Waals surface area contributed by atoms with E-state index in [0.29, 0.717) is 28.2 Å². The predicted molar refractivity (Wildman–Crippen MR) is 123 cm³/mol. The SMILES string of the molecule is COc1cc(NC(=O)C(=O)c2c(C)n(Cc3ncc(Cl)cc3F)c3ccc(C)cc23)ccn1. The van der Waals surface area contributed by atoms with Gasteiger partial charge in [-0.3, -0.25) is 14.6 Å². The highest BCUT2D eigenvalue weighted by Gasteiger charge is 2.26. The first-order valence-corrected chi connectivity index (χ1v) is 10.4. The van der Waals surface area contributed by atoms with E-state index >= 15 is 0 Å². The van der Waals surface area contributed by atoms with Crippen LogP contribution in [0.2, 0.25) is 5.02 Å². The molecule has 0 aliphatic carbocycles. The second-order valence-electron chi connectivity index (χ2n) is 7.52. The number of fused-ring (bicyclic) bond motifs is 1. The minimum atomic E-state index is -0.803. The van der Waals surface area contributed by atoms with Crippen molar-refractivity contribution in [3.05, 3.63) is 82.1 Å². The lowest BCUT2D eigenvalue weighted by molar-refractivity contribution is -0.112. The molecule has 4 rings (SSSR count). The molecule has 3 aromatic heterocycles. The van der Waals surface area contributed by atoms with Gasteiger partial charge in [0.05, 0.1) is 29.9 Å². The molecule has 0 fully saturated rings. The molecule has 0 bridgehead atoms. The van der Waals surface area contributed by atoms with E-state index in [1.807, 2.05) is 25.1 Å². The third-order valence-electron chi connectivity index (χ3n) is 5.31. The molecule has 3 heterocycles. The summed E-state index contributed by atoms with van der Waals surface area (Å²) in [5, 5.41) is 3.39. The van der Waals surface area contributed by atoms with Crippen LogP contribution in [0.25, 0.3) is 10.9 Å². The highest BCUT2D eigenvalue weighted by Crippen LogP contribution is 2.29. The number of hydrogen-bond donors (Lipinski definition) is 1. The Morgan fingerprint density at radius 2 is 1.94 bits per heavy atom. The number of pyridine rings is 2. The van der Waals surface area contributed by atoms with Gasteiger partial charge in [-0.05, 0) is 38.1 Å². The molecule has 0 atom stereocenters. The van der Waals surface area contributed by atoms with Crippen LogP contribution < -0.4 is 10.1 Å². The summed E-state index contributed by atoms with van der Waals surface area (Å²) in [4.78, 5) is 34.2. The summed E-state index contributed by atoms with van der Waals surface area (Å²) in [6.45, 7) is 3.69. The number of nitrogens with zero attached hydrogens (tertiary/aromatic N) is 3. The zero-order valence-electron chi connectivity index (χ0n) is 18.1. The van der Waals surface area contributed by atoms with Crippen LogP contribution >= 0.6 is 11.6 Å². The first-order valence-electron chi connectivity index (χ1n) is 10.0. The van der Waals surface area contributed by atoms with Gasteiger partial charge in [-0.25, -0.2) is 9.37 Å². The number of amides is 1. The van der Waals surface area contributed by atoms with Gasteiger partial charge in [0.1, 0.15) is 5.82 Å². The van der Waals surface area contributed by atoms with E-state index in [1.165, 1.54) is 31.6 Å². The standard InChI is InChI=1S/C24H20ClFN4O3/c1-13-4-5-20-17(8-13)22(14(2)30(20)12-19-18(26)9-15(25)11-28-19)23(31)24(32)29-16-6-7-27-21(10-16)33-3/h4-11H,12H2,1-3H3,(H,27,29,32). The maximum absolute atomic E-state index is 14.4. The number of aromatic nitrogens is 3. The molecule has 1 amide bonds. The number of ketones is 1. The summed E-state index contributed by atoms with van der Waals surface area (Å²) < 4.78 is 21.2. The zero-order chi connectivity index (χ0) is 23.7. The molecule has 0 unspecified atom stereocenters. The number of ether oxygens (including phenoxy) is 1. The smallest absolute Gasteiger partial charge is 0.296 e. The summed E-state index contributed by atoms with van der Waals surface area (Å²) in [5.74, 6) is -1.75. The Kier molecular flexibility index (Phi) is 6.11. The average molecular weight is 467 g/mol. The molecule has 0 radical (unpaired) electrons. The van der Waals surface area contributed by atoms with Crippen LogP contribution in [0, 0.1) is 19.7 Å². The van der Waals surface area contributed by atoms with Crippen LogP contribution in [0.4, 0.5) is 10.1 Å². The maximum atomic E-state index is 14.4. The predicted octanol–water partition coefficient (Wildman–Crippen LogP) is 4.72. The van der Waals surface area contributed by atoms with Gasteiger partial charge < -0.3 is 14.6 Å². The van der Waals surface area contributed by atoms with E-state index in [9.17, 15) is 14.0 Å². The van der Waals surface area contributed by atoms with Gasteiger partial charge in [0.2, 0.25) is 5.88 Å². The van der Waals surface area contributed by atoms with Crippen LogP contribution in [-0.4, -0.2) is 33.3 Å². The Morgan fingerprint density at radius 3 is 2.67 bits per heavy atom. The number of methoxy groups -OCH3 is 1. The third kappa shape index (κ3) is 4.42. The van der Waals surface area contributed by atoms with Crippen molar-refractivity contribution < 1.29 is 18.7 Å². The molecule has 1 N–H and O–H groups in total. The molecule has 0 aliphatic heterocycles. The second-order valence-corrected chi connectivity index (χ2v) is 7.96. The molecule has 0 spiro atoms. The molecule has 4 aromatic rings. The molecule has 0 saturated carbocycles. The van der Waals surface area contributed by atoms with Crippen molar-refractivity contribution in [3.8, 4) is 5.88 Å². The minimum absolute atomic E-state index is 0.0743. The van der Waals surface area contributed by atoms with Crippen molar-refractivity contribution in [2.24, 2.45) is 0 Å². The molecular weight excluding hydrogens is 447 g/mol. The van der Waals surface area contributed by atoms with Gasteiger partial charge >= 0.3 is 0 Å². The molecule has 7 nitrogen and oxygen atoms in total. The molecule has 1 aromatic carbocycles. The molecule has 0 saturated heterocycles. The Balaban J connectivity index is 1.75. The zero-order valence-corrected chi connectivity index (χ0v) is 18.9. The van der Waals surface area contributed by atoms with Crippen LogP contribution in [0.3, 0.4) is 0 Å². The minimum Gasteiger partial charge on any atom is -0.481 e. The van der Waals surface area contributed by atoms with Crippen molar-refractivity contribution in [1.82, 2.24) is 14.5 Å². The molecule has 33 heavy (non-hydrogen) atoms. The van der Waals surface area contributed by atoms with Crippen molar-refractivity contribution >= 4 is 39.9 Å². The van der Waals surface area contributed by atoms with E-state index in [-0.39, 0.29) is 22.8 Å². The van der Waals surface area contributed by atoms with Gasteiger partial charge in [0, 0.05) is 40.7 Å². The lowest BCUT2D eigenvalue weighted by Crippen LogP contribution is -2.23. The fraction of sp³-hybridized carbons (Fsp3) is 0.167. The highest BCUT2D eigenvalue weighted by molar-refractivity contribution is 6.48. The van der Waals surface area contributed by atoms with Crippen molar-refractivity contribution in [2.75, 3.05) is 12.4 Å². The first kappa shape index (κ1) is 22.4. The number of nitrogens with one attached hydrogen (secondary N) is 1. The Bertz CT molecular complexity index is 1400. The van der Waals surface area contributed by atoms with Gasteiger partial charge in [0.25, 0.3) is 11.7 Å². The van der Waals surface area contributed by atoms with Gasteiger partial charge in [-0.15, -0.1) is 0 Å². The number of benzene rings is 1. The number of hydrogen-bond acceptors (Lipinski definition) is 5. The Morgan fingerprint density at radius 1 is 1.15 bits per heavy atom. The fourth-order valence-corrected chi connectivity index (χ4v) is 3.84. The average Bonchev–Trinajstić information content (AvgIpc) is 3.05. The van der Waals surface area contributed by atoms with E-state index in [1.54, 1.807) is 17.6 Å². The van der Waals surface area contributed by atoms with Crippen molar-refractivity contribution in [3.63, 3.8) is 0 Å². The quantitative estimate of drug-likeness (QED) is 0.328. The normalized spacial score (nSPS) is 10.9. The molecule has 9 heteroatoms. The number of aryl methyl sites for hydroxylation is 1. The summed E-state index contributed by atoms with van der Waals surface area (Å²) in [7, 11) is 1.46.